The van der Waals surface area contributed by atoms with E-state index < -0.39 is 11.6 Å². The molecular formula is C29H29F3O2. The van der Waals surface area contributed by atoms with E-state index in [-0.39, 0.29) is 35.8 Å². The lowest BCUT2D eigenvalue weighted by Gasteiger charge is -2.30. The van der Waals surface area contributed by atoms with Crippen molar-refractivity contribution in [1.29, 1.82) is 0 Å². The summed E-state index contributed by atoms with van der Waals surface area (Å²) in [6.07, 6.45) is 4.71. The minimum atomic E-state index is -1.04. The van der Waals surface area contributed by atoms with Crippen LogP contribution < -0.4 is 4.74 Å². The zero-order chi connectivity index (χ0) is 24.2. The van der Waals surface area contributed by atoms with Crippen LogP contribution >= 0.6 is 0 Å². The first kappa shape index (κ1) is 24.1. The van der Waals surface area contributed by atoms with E-state index in [0.29, 0.717) is 11.5 Å². The largest absolute Gasteiger partial charge is 0.486 e. The van der Waals surface area contributed by atoms with Crippen molar-refractivity contribution in [2.24, 2.45) is 5.92 Å². The highest BCUT2D eigenvalue weighted by molar-refractivity contribution is 5.71. The first-order valence-corrected chi connectivity index (χ1v) is 11.7. The number of hydrogen-bond donors (Lipinski definition) is 1. The van der Waals surface area contributed by atoms with Crippen LogP contribution in [-0.4, -0.2) is 17.8 Å². The molecule has 34 heavy (non-hydrogen) atoms. The van der Waals surface area contributed by atoms with Crippen LogP contribution in [0.5, 0.6) is 5.75 Å². The number of halogens is 3. The fourth-order valence-corrected chi connectivity index (χ4v) is 4.81. The van der Waals surface area contributed by atoms with Gasteiger partial charge in [0.05, 0.1) is 6.10 Å². The van der Waals surface area contributed by atoms with E-state index in [4.69, 9.17) is 4.74 Å². The molecule has 1 N–H and O–H groups in total. The van der Waals surface area contributed by atoms with E-state index in [2.05, 4.69) is 6.58 Å². The van der Waals surface area contributed by atoms with Gasteiger partial charge in [0, 0.05) is 5.56 Å². The third-order valence-electron chi connectivity index (χ3n) is 6.83. The Kier molecular flexibility index (Phi) is 7.42. The first-order chi connectivity index (χ1) is 16.4. The molecule has 5 heteroatoms. The van der Waals surface area contributed by atoms with Crippen molar-refractivity contribution in [3.63, 3.8) is 0 Å². The van der Waals surface area contributed by atoms with Crippen LogP contribution in [0.1, 0.15) is 44.1 Å². The predicted molar refractivity (Wildman–Crippen MR) is 129 cm³/mol. The molecule has 3 aromatic rings. The third-order valence-corrected chi connectivity index (χ3v) is 6.83. The van der Waals surface area contributed by atoms with Gasteiger partial charge in [-0.15, -0.1) is 0 Å². The Bertz CT molecular complexity index is 1150. The highest BCUT2D eigenvalue weighted by Crippen LogP contribution is 2.39. The molecule has 1 aliphatic rings. The molecule has 178 valence electrons. The summed E-state index contributed by atoms with van der Waals surface area (Å²) in [5.41, 5.74) is 2.89. The maximum Gasteiger partial charge on any atom is 0.201 e. The Morgan fingerprint density at radius 3 is 2.18 bits per heavy atom. The van der Waals surface area contributed by atoms with Gasteiger partial charge in [-0.1, -0.05) is 49.1 Å². The van der Waals surface area contributed by atoms with E-state index in [0.717, 1.165) is 42.4 Å². The third kappa shape index (κ3) is 5.05. The molecule has 3 aromatic carbocycles. The molecule has 1 saturated carbocycles. The molecule has 0 saturated heterocycles. The SMILES string of the molecule is C=CCOc1ccc(-c2ccc(-c3ccc(C4CCC(C(C)O)CC4)c(F)c3)cc2)c(F)c1F. The minimum absolute atomic E-state index is 0.0862. The van der Waals surface area contributed by atoms with E-state index in [1.165, 1.54) is 24.3 Å². The number of benzene rings is 3. The average Bonchev–Trinajstić information content (AvgIpc) is 2.85. The van der Waals surface area contributed by atoms with Crippen molar-refractivity contribution >= 4 is 0 Å². The molecule has 2 nitrogen and oxygen atoms in total. The van der Waals surface area contributed by atoms with Crippen molar-refractivity contribution < 1.29 is 23.0 Å². The second-order valence-corrected chi connectivity index (χ2v) is 9.00. The Morgan fingerprint density at radius 2 is 1.56 bits per heavy atom. The number of ether oxygens (including phenoxy) is 1. The van der Waals surface area contributed by atoms with Gasteiger partial charge in [0.15, 0.2) is 11.6 Å². The molecule has 0 heterocycles. The minimum Gasteiger partial charge on any atom is -0.486 e. The summed E-state index contributed by atoms with van der Waals surface area (Å²) in [7, 11) is 0. The second kappa shape index (κ2) is 10.5. The lowest BCUT2D eigenvalue weighted by atomic mass is 9.76. The predicted octanol–water partition coefficient (Wildman–Crippen LogP) is 7.66. The molecule has 0 amide bonds. The van der Waals surface area contributed by atoms with Gasteiger partial charge >= 0.3 is 0 Å². The number of hydrogen-bond acceptors (Lipinski definition) is 2. The molecule has 0 radical (unpaired) electrons. The van der Waals surface area contributed by atoms with E-state index >= 15 is 0 Å². The summed E-state index contributed by atoms with van der Waals surface area (Å²) in [5.74, 6) is -1.94. The Labute approximate surface area is 198 Å². The smallest absolute Gasteiger partial charge is 0.201 e. The topological polar surface area (TPSA) is 29.5 Å². The molecule has 1 aliphatic carbocycles. The normalized spacial score (nSPS) is 19.0. The highest BCUT2D eigenvalue weighted by Gasteiger charge is 2.26. The van der Waals surface area contributed by atoms with Crippen molar-refractivity contribution in [2.75, 3.05) is 6.61 Å². The molecule has 0 aliphatic heterocycles. The summed E-state index contributed by atoms with van der Waals surface area (Å²) in [4.78, 5) is 0. The van der Waals surface area contributed by atoms with Gasteiger partial charge in [0.25, 0.3) is 0 Å². The van der Waals surface area contributed by atoms with Crippen LogP contribution in [0.25, 0.3) is 22.3 Å². The van der Waals surface area contributed by atoms with Gasteiger partial charge in [-0.05, 0) is 84.9 Å². The summed E-state index contributed by atoms with van der Waals surface area (Å²) in [5, 5.41) is 9.79. The highest BCUT2D eigenvalue weighted by atomic mass is 19.2. The fraction of sp³-hybridized carbons (Fsp3) is 0.310. The van der Waals surface area contributed by atoms with Gasteiger partial charge in [0.2, 0.25) is 5.82 Å². The molecule has 4 rings (SSSR count). The van der Waals surface area contributed by atoms with Crippen LogP contribution in [0.3, 0.4) is 0 Å². The molecule has 1 fully saturated rings. The summed E-state index contributed by atoms with van der Waals surface area (Å²) >= 11 is 0. The van der Waals surface area contributed by atoms with E-state index in [1.807, 2.05) is 19.1 Å². The molecular weight excluding hydrogens is 437 g/mol. The van der Waals surface area contributed by atoms with Gasteiger partial charge in [0.1, 0.15) is 12.4 Å². The van der Waals surface area contributed by atoms with Crippen molar-refractivity contribution in [1.82, 2.24) is 0 Å². The maximum atomic E-state index is 15.0. The lowest BCUT2D eigenvalue weighted by Crippen LogP contribution is -2.22. The maximum absolute atomic E-state index is 15.0. The van der Waals surface area contributed by atoms with Crippen LogP contribution in [0.15, 0.2) is 67.3 Å². The first-order valence-electron chi connectivity index (χ1n) is 11.7. The number of aliphatic hydroxyl groups excluding tert-OH is 1. The fourth-order valence-electron chi connectivity index (χ4n) is 4.81. The quantitative estimate of drug-likeness (QED) is 0.362. The average molecular weight is 467 g/mol. The van der Waals surface area contributed by atoms with Crippen molar-refractivity contribution in [3.05, 3.63) is 90.3 Å². The summed E-state index contributed by atoms with van der Waals surface area (Å²) < 4.78 is 49.0. The van der Waals surface area contributed by atoms with Crippen LogP contribution in [0.4, 0.5) is 13.2 Å². The van der Waals surface area contributed by atoms with E-state index in [9.17, 15) is 18.3 Å². The zero-order valence-corrected chi connectivity index (χ0v) is 19.2. The molecule has 1 atom stereocenters. The zero-order valence-electron chi connectivity index (χ0n) is 19.2. The second-order valence-electron chi connectivity index (χ2n) is 9.00. The number of aliphatic hydroxyl groups is 1. The van der Waals surface area contributed by atoms with Gasteiger partial charge in [-0.25, -0.2) is 8.78 Å². The lowest BCUT2D eigenvalue weighted by molar-refractivity contribution is 0.0964. The standard InChI is InChI=1S/C29H29F3O2/c1-3-16-34-27-15-14-25(28(31)29(27)32)22-10-6-20(7-11-22)23-12-13-24(26(30)17-23)21-8-4-19(5-9-21)18(2)33/h3,6-7,10-15,17-19,21,33H,1,4-5,8-9,16H2,2H3. The van der Waals surface area contributed by atoms with Crippen molar-refractivity contribution in [3.8, 4) is 28.0 Å². The van der Waals surface area contributed by atoms with Crippen LogP contribution in [0, 0.1) is 23.4 Å². The monoisotopic (exact) mass is 466 g/mol. The Morgan fingerprint density at radius 1 is 0.912 bits per heavy atom. The van der Waals surface area contributed by atoms with Crippen LogP contribution in [-0.2, 0) is 0 Å². The van der Waals surface area contributed by atoms with Gasteiger partial charge in [-0.3, -0.25) is 0 Å². The summed E-state index contributed by atoms with van der Waals surface area (Å²) in [6.45, 7) is 5.41. The van der Waals surface area contributed by atoms with E-state index in [1.54, 1.807) is 24.3 Å². The van der Waals surface area contributed by atoms with Gasteiger partial charge in [-0.2, -0.15) is 4.39 Å². The van der Waals surface area contributed by atoms with Gasteiger partial charge < -0.3 is 9.84 Å². The van der Waals surface area contributed by atoms with Crippen molar-refractivity contribution in [2.45, 2.75) is 44.6 Å². The Balaban J connectivity index is 1.51. The number of rotatable bonds is 7. The molecule has 1 unspecified atom stereocenters. The summed E-state index contributed by atoms with van der Waals surface area (Å²) in [6, 6.07) is 15.1. The Hall–Kier alpha value is -3.05. The molecule has 0 aromatic heterocycles. The molecule has 0 spiro atoms. The molecule has 0 bridgehead atoms. The van der Waals surface area contributed by atoms with Crippen LogP contribution in [0.2, 0.25) is 0 Å².